The third-order valence-electron chi connectivity index (χ3n) is 4.45. The van der Waals surface area contributed by atoms with Crippen LogP contribution in [0.2, 0.25) is 0 Å². The van der Waals surface area contributed by atoms with Crippen LogP contribution in [0.25, 0.3) is 0 Å². The topological polar surface area (TPSA) is 200 Å². The second kappa shape index (κ2) is 12.2. The van der Waals surface area contributed by atoms with Crippen LogP contribution in [0.3, 0.4) is 0 Å². The van der Waals surface area contributed by atoms with Crippen molar-refractivity contribution in [3.63, 3.8) is 0 Å². The summed E-state index contributed by atoms with van der Waals surface area (Å²) in [7, 11) is 0. The predicted molar refractivity (Wildman–Crippen MR) is 113 cm³/mol. The molecular weight excluding hydrogens is 422 g/mol. The Balaban J connectivity index is 2.87. The molecule has 0 heterocycles. The van der Waals surface area contributed by atoms with Crippen molar-refractivity contribution >= 4 is 29.6 Å². The molecule has 0 saturated heterocycles. The molecule has 0 bridgehead atoms. The first-order chi connectivity index (χ1) is 14.9. The lowest BCUT2D eigenvalue weighted by Gasteiger charge is -2.23. The number of phenols is 1. The van der Waals surface area contributed by atoms with Gasteiger partial charge in [0, 0.05) is 6.42 Å². The van der Waals surface area contributed by atoms with Crippen LogP contribution in [0.5, 0.6) is 5.75 Å². The summed E-state index contributed by atoms with van der Waals surface area (Å²) in [4.78, 5) is 59.7. The Labute approximate surface area is 184 Å². The van der Waals surface area contributed by atoms with Crippen LogP contribution in [0.1, 0.15) is 26.3 Å². The molecule has 1 aromatic carbocycles. The van der Waals surface area contributed by atoms with Gasteiger partial charge < -0.3 is 37.2 Å². The summed E-state index contributed by atoms with van der Waals surface area (Å²) < 4.78 is 0. The van der Waals surface area contributed by atoms with E-state index in [9.17, 15) is 29.1 Å². The minimum Gasteiger partial charge on any atom is -0.508 e. The lowest BCUT2D eigenvalue weighted by atomic mass is 10.0. The highest BCUT2D eigenvalue weighted by Gasteiger charge is 2.27. The van der Waals surface area contributed by atoms with Crippen molar-refractivity contribution in [2.24, 2.45) is 5.73 Å². The molecular formula is C20H29N5O7. The third-order valence-corrected chi connectivity index (χ3v) is 4.45. The molecule has 0 aromatic heterocycles. The van der Waals surface area contributed by atoms with Crippen LogP contribution >= 0.6 is 0 Å². The monoisotopic (exact) mass is 451 g/mol. The number of carboxylic acids is 1. The zero-order valence-corrected chi connectivity index (χ0v) is 18.0. The average molecular weight is 451 g/mol. The largest absolute Gasteiger partial charge is 0.508 e. The quantitative estimate of drug-likeness (QED) is 0.200. The molecule has 1 rings (SSSR count). The molecule has 0 aliphatic rings. The SMILES string of the molecule is C[C@H](NC(=O)[C@H](Cc1ccc(O)cc1)NC(=O)[C@H](C)NC(=O)[C@H](C)NC(=O)CN)C(=O)O. The Hall–Kier alpha value is -3.67. The number of aliphatic carboxylic acids is 1. The maximum atomic E-state index is 12.6. The highest BCUT2D eigenvalue weighted by molar-refractivity contribution is 5.94. The highest BCUT2D eigenvalue weighted by atomic mass is 16.4. The predicted octanol–water partition coefficient (Wildman–Crippen LogP) is -2.02. The molecule has 0 aliphatic carbocycles. The number of benzene rings is 1. The van der Waals surface area contributed by atoms with E-state index in [4.69, 9.17) is 10.8 Å². The average Bonchev–Trinajstić information content (AvgIpc) is 2.73. The lowest BCUT2D eigenvalue weighted by molar-refractivity contribution is -0.141. The van der Waals surface area contributed by atoms with E-state index in [0.717, 1.165) is 0 Å². The molecule has 0 aliphatic heterocycles. The summed E-state index contributed by atoms with van der Waals surface area (Å²) in [5.41, 5.74) is 5.78. The standard InChI is InChI=1S/C20H29N5O7/c1-10(22-16(27)9-21)17(28)23-11(2)18(29)25-15(19(30)24-12(3)20(31)32)8-13-4-6-14(26)7-5-13/h4-7,10-12,15,26H,8-9,21H2,1-3H3,(H,22,27)(H,23,28)(H,24,30)(H,25,29)(H,31,32)/t10-,11-,12-,15-/m0/s1. The number of hydrogen-bond acceptors (Lipinski definition) is 7. The van der Waals surface area contributed by atoms with Gasteiger partial charge in [-0.05, 0) is 38.5 Å². The fraction of sp³-hybridized carbons (Fsp3) is 0.450. The first kappa shape index (κ1) is 26.4. The number of amides is 4. The van der Waals surface area contributed by atoms with E-state index >= 15 is 0 Å². The Kier molecular flexibility index (Phi) is 10.1. The van der Waals surface area contributed by atoms with E-state index in [-0.39, 0.29) is 18.7 Å². The highest BCUT2D eigenvalue weighted by Crippen LogP contribution is 2.11. The number of rotatable bonds is 11. The first-order valence-corrected chi connectivity index (χ1v) is 9.85. The number of nitrogens with one attached hydrogen (secondary N) is 4. The van der Waals surface area contributed by atoms with E-state index < -0.39 is 53.8 Å². The van der Waals surface area contributed by atoms with Crippen molar-refractivity contribution in [3.05, 3.63) is 29.8 Å². The van der Waals surface area contributed by atoms with E-state index in [1.165, 1.54) is 32.9 Å². The van der Waals surface area contributed by atoms with Crippen molar-refractivity contribution in [1.29, 1.82) is 0 Å². The van der Waals surface area contributed by atoms with E-state index in [1.54, 1.807) is 12.1 Å². The van der Waals surface area contributed by atoms with Gasteiger partial charge in [-0.1, -0.05) is 12.1 Å². The van der Waals surface area contributed by atoms with Crippen molar-refractivity contribution in [1.82, 2.24) is 21.3 Å². The molecule has 0 saturated carbocycles. The van der Waals surface area contributed by atoms with Crippen LogP contribution in [0, 0.1) is 0 Å². The summed E-state index contributed by atoms with van der Waals surface area (Å²) in [6.07, 6.45) is 0.00776. The lowest BCUT2D eigenvalue weighted by Crippen LogP contribution is -2.57. The number of carbonyl (C=O) groups excluding carboxylic acids is 4. The fourth-order valence-corrected chi connectivity index (χ4v) is 2.52. The van der Waals surface area contributed by atoms with E-state index in [0.29, 0.717) is 5.56 Å². The molecule has 0 fully saturated rings. The molecule has 1 aromatic rings. The van der Waals surface area contributed by atoms with Crippen molar-refractivity contribution < 1.29 is 34.2 Å². The number of nitrogens with two attached hydrogens (primary N) is 1. The number of aromatic hydroxyl groups is 1. The van der Waals surface area contributed by atoms with Crippen LogP contribution in [-0.2, 0) is 30.4 Å². The second-order valence-electron chi connectivity index (χ2n) is 7.22. The molecule has 12 heteroatoms. The third kappa shape index (κ3) is 8.60. The Bertz CT molecular complexity index is 843. The van der Waals surface area contributed by atoms with Gasteiger partial charge in [0.1, 0.15) is 29.9 Å². The first-order valence-electron chi connectivity index (χ1n) is 9.85. The van der Waals surface area contributed by atoms with Gasteiger partial charge in [-0.2, -0.15) is 0 Å². The Morgan fingerprint density at radius 2 is 1.31 bits per heavy atom. The molecule has 4 amide bonds. The molecule has 176 valence electrons. The van der Waals surface area contributed by atoms with Crippen molar-refractivity contribution in [3.8, 4) is 5.75 Å². The number of phenolic OH excluding ortho intramolecular Hbond substituents is 1. The van der Waals surface area contributed by atoms with Gasteiger partial charge >= 0.3 is 5.97 Å². The van der Waals surface area contributed by atoms with Gasteiger partial charge in [0.25, 0.3) is 0 Å². The molecule has 12 nitrogen and oxygen atoms in total. The minimum atomic E-state index is -1.25. The van der Waals surface area contributed by atoms with Gasteiger partial charge in [-0.25, -0.2) is 0 Å². The van der Waals surface area contributed by atoms with Gasteiger partial charge in [-0.3, -0.25) is 24.0 Å². The second-order valence-corrected chi connectivity index (χ2v) is 7.22. The van der Waals surface area contributed by atoms with Crippen LogP contribution in [0.4, 0.5) is 0 Å². The molecule has 32 heavy (non-hydrogen) atoms. The van der Waals surface area contributed by atoms with Gasteiger partial charge in [0.05, 0.1) is 6.54 Å². The molecule has 0 spiro atoms. The number of hydrogen-bond donors (Lipinski definition) is 7. The molecule has 0 radical (unpaired) electrons. The summed E-state index contributed by atoms with van der Waals surface area (Å²) in [5.74, 6) is -3.83. The normalized spacial score (nSPS) is 14.2. The summed E-state index contributed by atoms with van der Waals surface area (Å²) >= 11 is 0. The fourth-order valence-electron chi connectivity index (χ4n) is 2.52. The zero-order valence-electron chi connectivity index (χ0n) is 18.0. The van der Waals surface area contributed by atoms with Gasteiger partial charge in [0.15, 0.2) is 0 Å². The van der Waals surface area contributed by atoms with Crippen LogP contribution in [-0.4, -0.2) is 70.5 Å². The van der Waals surface area contributed by atoms with Gasteiger partial charge in [-0.15, -0.1) is 0 Å². The summed E-state index contributed by atoms with van der Waals surface area (Å²) in [6.45, 7) is 3.79. The number of carbonyl (C=O) groups is 5. The van der Waals surface area contributed by atoms with E-state index in [1.807, 2.05) is 0 Å². The summed E-state index contributed by atoms with van der Waals surface area (Å²) in [6, 6.07) is 1.58. The van der Waals surface area contributed by atoms with Crippen LogP contribution in [0.15, 0.2) is 24.3 Å². The maximum Gasteiger partial charge on any atom is 0.325 e. The minimum absolute atomic E-state index is 0.00776. The molecule has 8 N–H and O–H groups in total. The maximum absolute atomic E-state index is 12.6. The van der Waals surface area contributed by atoms with E-state index in [2.05, 4.69) is 21.3 Å². The zero-order chi connectivity index (χ0) is 24.4. The Morgan fingerprint density at radius 3 is 1.84 bits per heavy atom. The molecule has 0 unspecified atom stereocenters. The van der Waals surface area contributed by atoms with Crippen LogP contribution < -0.4 is 27.0 Å². The van der Waals surface area contributed by atoms with Crippen molar-refractivity contribution in [2.45, 2.75) is 51.4 Å². The molecule has 4 atom stereocenters. The Morgan fingerprint density at radius 1 is 0.812 bits per heavy atom. The van der Waals surface area contributed by atoms with Gasteiger partial charge in [0.2, 0.25) is 23.6 Å². The summed E-state index contributed by atoms with van der Waals surface area (Å²) in [5, 5.41) is 28.0. The van der Waals surface area contributed by atoms with Crippen molar-refractivity contribution in [2.75, 3.05) is 6.54 Å². The number of carboxylic acid groups (broad SMARTS) is 1. The smallest absolute Gasteiger partial charge is 0.325 e.